The Morgan fingerprint density at radius 1 is 1.04 bits per heavy atom. The van der Waals surface area contributed by atoms with Gasteiger partial charge in [0.2, 0.25) is 0 Å². The summed E-state index contributed by atoms with van der Waals surface area (Å²) in [5, 5.41) is 3.98. The van der Waals surface area contributed by atoms with Gasteiger partial charge in [-0.15, -0.1) is 0 Å². The van der Waals surface area contributed by atoms with Gasteiger partial charge in [0, 0.05) is 23.3 Å². The Balaban J connectivity index is 1.57. The van der Waals surface area contributed by atoms with E-state index in [1.807, 2.05) is 37.3 Å². The van der Waals surface area contributed by atoms with Crippen molar-refractivity contribution in [1.29, 1.82) is 0 Å². The highest BCUT2D eigenvalue weighted by Crippen LogP contribution is 2.24. The molecule has 0 spiro atoms. The number of nitrogens with zero attached hydrogens (tertiary/aromatic N) is 2. The molecule has 118 valence electrons. The molecule has 2 aromatic carbocycles. The van der Waals surface area contributed by atoms with Crippen molar-refractivity contribution in [3.63, 3.8) is 0 Å². The standard InChI is InChI=1S/C19H15N3O2/c1-12(18-11-13-4-2-3-5-17(13)24-18)22-19(23)14-6-7-15-16(10-14)21-9-8-20-15/h2-12H,1H3,(H,22,23)/t12-/m1/s1. The van der Waals surface area contributed by atoms with Crippen molar-refractivity contribution < 1.29 is 9.21 Å². The first-order valence-corrected chi connectivity index (χ1v) is 7.71. The number of aromatic nitrogens is 2. The van der Waals surface area contributed by atoms with Gasteiger partial charge in [0.15, 0.2) is 0 Å². The number of rotatable bonds is 3. The minimum atomic E-state index is -0.234. The molecule has 0 fully saturated rings. The van der Waals surface area contributed by atoms with Crippen LogP contribution >= 0.6 is 0 Å². The van der Waals surface area contributed by atoms with E-state index in [9.17, 15) is 4.79 Å². The molecule has 1 atom stereocenters. The molecule has 0 saturated heterocycles. The minimum Gasteiger partial charge on any atom is -0.459 e. The Morgan fingerprint density at radius 2 is 1.83 bits per heavy atom. The van der Waals surface area contributed by atoms with Crippen molar-refractivity contribution in [2.45, 2.75) is 13.0 Å². The molecule has 5 heteroatoms. The topological polar surface area (TPSA) is 68.0 Å². The normalized spacial score (nSPS) is 12.4. The van der Waals surface area contributed by atoms with E-state index in [1.54, 1.807) is 30.6 Å². The molecule has 0 aliphatic heterocycles. The van der Waals surface area contributed by atoms with Gasteiger partial charge in [-0.2, -0.15) is 0 Å². The first kappa shape index (κ1) is 14.4. The molecule has 4 rings (SSSR count). The lowest BCUT2D eigenvalue weighted by Gasteiger charge is -2.11. The quantitative estimate of drug-likeness (QED) is 0.623. The van der Waals surface area contributed by atoms with E-state index in [0.717, 1.165) is 22.2 Å². The van der Waals surface area contributed by atoms with E-state index in [0.29, 0.717) is 11.1 Å². The molecule has 4 aromatic rings. The van der Waals surface area contributed by atoms with E-state index in [-0.39, 0.29) is 11.9 Å². The summed E-state index contributed by atoms with van der Waals surface area (Å²) in [6.07, 6.45) is 3.24. The fourth-order valence-corrected chi connectivity index (χ4v) is 2.67. The van der Waals surface area contributed by atoms with E-state index in [4.69, 9.17) is 4.42 Å². The van der Waals surface area contributed by atoms with Crippen LogP contribution in [0.25, 0.3) is 22.0 Å². The van der Waals surface area contributed by atoms with E-state index in [1.165, 1.54) is 0 Å². The highest BCUT2D eigenvalue weighted by Gasteiger charge is 2.15. The Bertz CT molecular complexity index is 1010. The van der Waals surface area contributed by atoms with E-state index in [2.05, 4.69) is 15.3 Å². The van der Waals surface area contributed by atoms with E-state index < -0.39 is 0 Å². The van der Waals surface area contributed by atoms with Gasteiger partial charge in [-0.1, -0.05) is 18.2 Å². The van der Waals surface area contributed by atoms with Gasteiger partial charge in [0.25, 0.3) is 5.91 Å². The second-order valence-corrected chi connectivity index (χ2v) is 5.64. The van der Waals surface area contributed by atoms with Gasteiger partial charge in [-0.3, -0.25) is 14.8 Å². The maximum absolute atomic E-state index is 12.5. The van der Waals surface area contributed by atoms with Crippen LogP contribution in [-0.4, -0.2) is 15.9 Å². The van der Waals surface area contributed by atoms with Crippen molar-refractivity contribution in [3.05, 3.63) is 72.2 Å². The van der Waals surface area contributed by atoms with Crippen LogP contribution in [0.2, 0.25) is 0 Å². The molecule has 1 amide bonds. The average molecular weight is 317 g/mol. The predicted molar refractivity (Wildman–Crippen MR) is 91.6 cm³/mol. The van der Waals surface area contributed by atoms with Crippen LogP contribution in [0.1, 0.15) is 29.1 Å². The monoisotopic (exact) mass is 317 g/mol. The number of hydrogen-bond donors (Lipinski definition) is 1. The number of benzene rings is 2. The maximum Gasteiger partial charge on any atom is 0.251 e. The van der Waals surface area contributed by atoms with Crippen LogP contribution in [0.5, 0.6) is 0 Å². The first-order chi connectivity index (χ1) is 11.7. The van der Waals surface area contributed by atoms with Crippen LogP contribution in [0.3, 0.4) is 0 Å². The number of para-hydroxylation sites is 1. The number of carbonyl (C=O) groups excluding carboxylic acids is 1. The summed E-state index contributed by atoms with van der Waals surface area (Å²) in [6, 6.07) is 14.8. The lowest BCUT2D eigenvalue weighted by atomic mass is 10.1. The summed E-state index contributed by atoms with van der Waals surface area (Å²) >= 11 is 0. The zero-order valence-corrected chi connectivity index (χ0v) is 13.1. The highest BCUT2D eigenvalue weighted by molar-refractivity contribution is 5.97. The Morgan fingerprint density at radius 3 is 2.67 bits per heavy atom. The molecule has 0 bridgehead atoms. The lowest BCUT2D eigenvalue weighted by Crippen LogP contribution is -2.26. The largest absolute Gasteiger partial charge is 0.459 e. The molecular formula is C19H15N3O2. The van der Waals surface area contributed by atoms with Gasteiger partial charge < -0.3 is 9.73 Å². The molecule has 5 nitrogen and oxygen atoms in total. The molecule has 0 saturated carbocycles. The van der Waals surface area contributed by atoms with Gasteiger partial charge in [-0.05, 0) is 37.3 Å². The summed E-state index contributed by atoms with van der Waals surface area (Å²) in [4.78, 5) is 20.9. The Kier molecular flexibility index (Phi) is 3.46. The zero-order chi connectivity index (χ0) is 16.5. The third-order valence-corrected chi connectivity index (χ3v) is 3.95. The smallest absolute Gasteiger partial charge is 0.251 e. The molecule has 24 heavy (non-hydrogen) atoms. The van der Waals surface area contributed by atoms with Crippen LogP contribution in [-0.2, 0) is 0 Å². The summed E-state index contributed by atoms with van der Waals surface area (Å²) in [5.41, 5.74) is 2.82. The van der Waals surface area contributed by atoms with Crippen LogP contribution in [0.4, 0.5) is 0 Å². The average Bonchev–Trinajstić information content (AvgIpc) is 3.05. The zero-order valence-electron chi connectivity index (χ0n) is 13.1. The van der Waals surface area contributed by atoms with Crippen molar-refractivity contribution in [2.75, 3.05) is 0 Å². The van der Waals surface area contributed by atoms with Crippen molar-refractivity contribution in [2.24, 2.45) is 0 Å². The van der Waals surface area contributed by atoms with Gasteiger partial charge in [0.1, 0.15) is 11.3 Å². The molecule has 0 unspecified atom stereocenters. The first-order valence-electron chi connectivity index (χ1n) is 7.71. The van der Waals surface area contributed by atoms with E-state index >= 15 is 0 Å². The van der Waals surface area contributed by atoms with Crippen LogP contribution < -0.4 is 5.32 Å². The molecule has 0 aliphatic carbocycles. The second-order valence-electron chi connectivity index (χ2n) is 5.64. The van der Waals surface area contributed by atoms with Gasteiger partial charge >= 0.3 is 0 Å². The summed E-state index contributed by atoms with van der Waals surface area (Å²) in [5.74, 6) is 0.556. The molecule has 2 aromatic heterocycles. The Labute approximate surface area is 138 Å². The Hall–Kier alpha value is -3.21. The molecule has 1 N–H and O–H groups in total. The van der Waals surface area contributed by atoms with Gasteiger partial charge in [-0.25, -0.2) is 0 Å². The van der Waals surface area contributed by atoms with Crippen molar-refractivity contribution in [1.82, 2.24) is 15.3 Å². The summed E-state index contributed by atoms with van der Waals surface area (Å²) in [6.45, 7) is 1.90. The van der Waals surface area contributed by atoms with Crippen LogP contribution in [0.15, 0.2) is 65.3 Å². The minimum absolute atomic E-state index is 0.171. The number of furan rings is 1. The maximum atomic E-state index is 12.5. The number of carbonyl (C=O) groups is 1. The number of nitrogens with one attached hydrogen (secondary N) is 1. The van der Waals surface area contributed by atoms with Crippen molar-refractivity contribution >= 4 is 27.9 Å². The fourth-order valence-electron chi connectivity index (χ4n) is 2.67. The molecular weight excluding hydrogens is 302 g/mol. The second kappa shape index (κ2) is 5.77. The molecule has 2 heterocycles. The third kappa shape index (κ3) is 2.60. The van der Waals surface area contributed by atoms with Crippen LogP contribution in [0, 0.1) is 0 Å². The van der Waals surface area contributed by atoms with Crippen molar-refractivity contribution in [3.8, 4) is 0 Å². The predicted octanol–water partition coefficient (Wildman–Crippen LogP) is 3.87. The number of hydrogen-bond acceptors (Lipinski definition) is 4. The molecule has 0 radical (unpaired) electrons. The highest BCUT2D eigenvalue weighted by atomic mass is 16.3. The third-order valence-electron chi connectivity index (χ3n) is 3.95. The summed E-state index contributed by atoms with van der Waals surface area (Å²) in [7, 11) is 0. The SMILES string of the molecule is C[C@@H](NC(=O)c1ccc2nccnc2c1)c1cc2ccccc2o1. The summed E-state index contributed by atoms with van der Waals surface area (Å²) < 4.78 is 5.80. The number of amides is 1. The number of fused-ring (bicyclic) bond motifs is 2. The lowest BCUT2D eigenvalue weighted by molar-refractivity contribution is 0.0936. The van der Waals surface area contributed by atoms with Gasteiger partial charge in [0.05, 0.1) is 17.1 Å². The molecule has 0 aliphatic rings. The fraction of sp³-hybridized carbons (Fsp3) is 0.105.